The summed E-state index contributed by atoms with van der Waals surface area (Å²) in [7, 11) is 0. The molecule has 0 bridgehead atoms. The third kappa shape index (κ3) is 7.08. The highest BCUT2D eigenvalue weighted by atomic mass is 79.9. The summed E-state index contributed by atoms with van der Waals surface area (Å²) in [6.07, 6.45) is 0. The Bertz CT molecular complexity index is 1730. The molecule has 2 heterocycles. The molecule has 1 aliphatic heterocycles. The number of aromatic nitrogens is 3. The second-order valence-electron chi connectivity index (χ2n) is 9.80. The van der Waals surface area contributed by atoms with Crippen LogP contribution in [0.5, 0.6) is 17.2 Å². The smallest absolute Gasteiger partial charge is 0.255 e. The topological polar surface area (TPSA) is 99.5 Å². The number of thioether (sulfide) groups is 1. The Morgan fingerprint density at radius 2 is 1.84 bits per heavy atom. The van der Waals surface area contributed by atoms with Crippen LogP contribution in [0.15, 0.2) is 75.5 Å². The van der Waals surface area contributed by atoms with Crippen LogP contribution in [0.2, 0.25) is 5.02 Å². The number of nitrogens with one attached hydrogen (secondary N) is 2. The van der Waals surface area contributed by atoms with Gasteiger partial charge in [-0.05, 0) is 84.4 Å². The third-order valence-electron chi connectivity index (χ3n) is 6.86. The van der Waals surface area contributed by atoms with Gasteiger partial charge in [-0.15, -0.1) is 5.10 Å². The lowest BCUT2D eigenvalue weighted by molar-refractivity contribution is -0.113. The van der Waals surface area contributed by atoms with Crippen molar-refractivity contribution in [2.75, 3.05) is 29.6 Å². The lowest BCUT2D eigenvalue weighted by Crippen LogP contribution is -2.31. The molecule has 3 aromatic carbocycles. The zero-order valence-electron chi connectivity index (χ0n) is 25.1. The van der Waals surface area contributed by atoms with Gasteiger partial charge in [0.2, 0.25) is 11.1 Å². The minimum Gasteiger partial charge on any atom is -0.492 e. The average Bonchev–Trinajstić information content (AvgIpc) is 3.40. The summed E-state index contributed by atoms with van der Waals surface area (Å²) in [6.45, 7) is 8.25. The van der Waals surface area contributed by atoms with E-state index >= 15 is 0 Å². The van der Waals surface area contributed by atoms with Crippen LogP contribution in [0.3, 0.4) is 0 Å². The normalized spacial score (nSPS) is 14.1. The number of anilines is 2. The van der Waals surface area contributed by atoms with Crippen molar-refractivity contribution in [2.45, 2.75) is 45.5 Å². The van der Waals surface area contributed by atoms with Gasteiger partial charge in [0.25, 0.3) is 5.91 Å². The lowest BCUT2D eigenvalue weighted by Gasteiger charge is -2.29. The zero-order valence-corrected chi connectivity index (χ0v) is 28.3. The molecule has 1 atom stereocenters. The standard InChI is InChI=1S/C32H32BrClFN5O4S/c1-5-42-25-14-9-8-13-24(25)37-30(41)27-18(4)36-31-38-32(45-7-3)39-40(31)28(27)19-15-21(33)29(26(16-19)43-6-2)44-17-20-22(34)11-10-12-23(20)35/h8-16,28H,5-7,17H2,1-4H3,(H,37,41)(H,36,38,39). The van der Waals surface area contributed by atoms with E-state index in [9.17, 15) is 9.18 Å². The summed E-state index contributed by atoms with van der Waals surface area (Å²) < 4.78 is 34.6. The molecule has 236 valence electrons. The number of carbonyl (C=O) groups excluding carboxylic acids is 1. The average molecular weight is 717 g/mol. The van der Waals surface area contributed by atoms with Crippen LogP contribution in [0.4, 0.5) is 16.0 Å². The molecule has 0 aliphatic carbocycles. The van der Waals surface area contributed by atoms with Crippen LogP contribution in [-0.4, -0.2) is 39.6 Å². The van der Waals surface area contributed by atoms with Crippen molar-refractivity contribution in [1.82, 2.24) is 14.8 Å². The molecule has 0 fully saturated rings. The SMILES string of the molecule is CCOc1ccccc1NC(=O)C1=C(C)Nc2nc(SCC)nn2C1c1cc(Br)c(OCc2c(F)cccc2Cl)c(OCC)c1. The van der Waals surface area contributed by atoms with E-state index in [1.807, 2.05) is 45.9 Å². The van der Waals surface area contributed by atoms with Crippen LogP contribution in [0.1, 0.15) is 44.9 Å². The van der Waals surface area contributed by atoms with E-state index in [0.717, 1.165) is 5.75 Å². The Hall–Kier alpha value is -3.74. The molecule has 0 radical (unpaired) electrons. The molecule has 1 amide bonds. The van der Waals surface area contributed by atoms with E-state index in [1.54, 1.807) is 28.9 Å². The van der Waals surface area contributed by atoms with E-state index in [1.165, 1.54) is 23.9 Å². The van der Waals surface area contributed by atoms with Crippen molar-refractivity contribution in [3.05, 3.63) is 92.3 Å². The Morgan fingerprint density at radius 3 is 2.58 bits per heavy atom. The predicted octanol–water partition coefficient (Wildman–Crippen LogP) is 8.25. The van der Waals surface area contributed by atoms with Gasteiger partial charge in [0.05, 0.1) is 34.0 Å². The molecule has 1 unspecified atom stereocenters. The van der Waals surface area contributed by atoms with Crippen molar-refractivity contribution in [3.63, 3.8) is 0 Å². The fourth-order valence-electron chi connectivity index (χ4n) is 4.93. The van der Waals surface area contributed by atoms with Gasteiger partial charge in [-0.3, -0.25) is 4.79 Å². The Balaban J connectivity index is 1.58. The van der Waals surface area contributed by atoms with Gasteiger partial charge >= 0.3 is 0 Å². The van der Waals surface area contributed by atoms with Crippen molar-refractivity contribution in [3.8, 4) is 17.2 Å². The summed E-state index contributed by atoms with van der Waals surface area (Å²) in [5.41, 5.74) is 2.50. The van der Waals surface area contributed by atoms with Gasteiger partial charge in [0.15, 0.2) is 11.5 Å². The van der Waals surface area contributed by atoms with Crippen LogP contribution in [0.25, 0.3) is 0 Å². The highest BCUT2D eigenvalue weighted by Crippen LogP contribution is 2.44. The minimum absolute atomic E-state index is 0.117. The zero-order chi connectivity index (χ0) is 32.1. The van der Waals surface area contributed by atoms with E-state index in [0.29, 0.717) is 68.6 Å². The first-order valence-corrected chi connectivity index (χ1v) is 16.5. The first-order chi connectivity index (χ1) is 21.7. The maximum atomic E-state index is 14.5. The summed E-state index contributed by atoms with van der Waals surface area (Å²) in [5.74, 6) is 1.80. The first-order valence-electron chi connectivity index (χ1n) is 14.4. The number of hydrogen-bond donors (Lipinski definition) is 2. The molecule has 0 saturated carbocycles. The monoisotopic (exact) mass is 715 g/mol. The fourth-order valence-corrected chi connectivity index (χ4v) is 6.27. The van der Waals surface area contributed by atoms with Crippen molar-refractivity contribution < 1.29 is 23.4 Å². The van der Waals surface area contributed by atoms with E-state index in [-0.39, 0.29) is 23.1 Å². The number of allylic oxidation sites excluding steroid dienone is 1. The number of amides is 1. The molecule has 9 nitrogen and oxygen atoms in total. The lowest BCUT2D eigenvalue weighted by atomic mass is 9.94. The van der Waals surface area contributed by atoms with Crippen LogP contribution in [-0.2, 0) is 11.4 Å². The van der Waals surface area contributed by atoms with Crippen molar-refractivity contribution in [1.29, 1.82) is 0 Å². The molecule has 5 rings (SSSR count). The van der Waals surface area contributed by atoms with E-state index in [4.69, 9.17) is 30.9 Å². The predicted molar refractivity (Wildman–Crippen MR) is 178 cm³/mol. The fraction of sp³-hybridized carbons (Fsp3) is 0.281. The highest BCUT2D eigenvalue weighted by molar-refractivity contribution is 9.10. The molecular weight excluding hydrogens is 685 g/mol. The van der Waals surface area contributed by atoms with Crippen molar-refractivity contribution >= 4 is 56.8 Å². The molecule has 13 heteroatoms. The van der Waals surface area contributed by atoms with E-state index < -0.39 is 11.9 Å². The number of benzene rings is 3. The highest BCUT2D eigenvalue weighted by Gasteiger charge is 2.36. The number of rotatable bonds is 12. The number of halogens is 3. The van der Waals surface area contributed by atoms with Crippen LogP contribution in [0, 0.1) is 5.82 Å². The molecule has 4 aromatic rings. The van der Waals surface area contributed by atoms with Gasteiger partial charge in [0.1, 0.15) is 24.2 Å². The number of para-hydroxylation sites is 2. The molecule has 0 spiro atoms. The van der Waals surface area contributed by atoms with Gasteiger partial charge in [-0.2, -0.15) is 4.98 Å². The Kier molecular flexibility index (Phi) is 10.6. The summed E-state index contributed by atoms with van der Waals surface area (Å²) >= 11 is 11.4. The van der Waals surface area contributed by atoms with Gasteiger partial charge in [0, 0.05) is 11.3 Å². The number of nitrogens with zero attached hydrogens (tertiary/aromatic N) is 3. The van der Waals surface area contributed by atoms with Crippen molar-refractivity contribution in [2.24, 2.45) is 0 Å². The second kappa shape index (κ2) is 14.6. The van der Waals surface area contributed by atoms with Crippen LogP contribution < -0.4 is 24.8 Å². The Morgan fingerprint density at radius 1 is 1.09 bits per heavy atom. The molecule has 0 saturated heterocycles. The van der Waals surface area contributed by atoms with E-state index in [2.05, 4.69) is 31.5 Å². The quantitative estimate of drug-likeness (QED) is 0.142. The van der Waals surface area contributed by atoms with Crippen LogP contribution >= 0.6 is 39.3 Å². The second-order valence-corrected chi connectivity index (χ2v) is 12.3. The van der Waals surface area contributed by atoms with Gasteiger partial charge in [-0.1, -0.05) is 48.5 Å². The molecule has 2 N–H and O–H groups in total. The summed E-state index contributed by atoms with van der Waals surface area (Å²) in [4.78, 5) is 18.8. The summed E-state index contributed by atoms with van der Waals surface area (Å²) in [6, 6.07) is 14.7. The minimum atomic E-state index is -0.690. The Labute approximate surface area is 278 Å². The summed E-state index contributed by atoms with van der Waals surface area (Å²) in [5, 5.41) is 11.9. The molecule has 45 heavy (non-hydrogen) atoms. The number of carbonyl (C=O) groups is 1. The molecule has 1 aliphatic rings. The number of hydrogen-bond acceptors (Lipinski definition) is 8. The largest absolute Gasteiger partial charge is 0.492 e. The number of ether oxygens (including phenoxy) is 3. The number of fused-ring (bicyclic) bond motifs is 1. The van der Waals surface area contributed by atoms with Gasteiger partial charge < -0.3 is 24.8 Å². The first kappa shape index (κ1) is 32.6. The maximum absolute atomic E-state index is 14.5. The molecule has 1 aromatic heterocycles. The van der Waals surface area contributed by atoms with Gasteiger partial charge in [-0.25, -0.2) is 9.07 Å². The molecular formula is C32H32BrClFN5O4S. The third-order valence-corrected chi connectivity index (χ3v) is 8.52. The maximum Gasteiger partial charge on any atom is 0.255 e.